The van der Waals surface area contributed by atoms with Gasteiger partial charge in [-0.1, -0.05) is 18.2 Å². The van der Waals surface area contributed by atoms with Crippen LogP contribution < -0.4 is 5.32 Å². The molecule has 2 aromatic carbocycles. The van der Waals surface area contributed by atoms with Crippen molar-refractivity contribution in [3.8, 4) is 11.4 Å². The van der Waals surface area contributed by atoms with E-state index in [-0.39, 0.29) is 5.97 Å². The van der Waals surface area contributed by atoms with Crippen LogP contribution in [0.1, 0.15) is 21.5 Å². The molecule has 0 aliphatic carbocycles. The maximum absolute atomic E-state index is 11.7. The first-order valence-electron chi connectivity index (χ1n) is 8.14. The predicted molar refractivity (Wildman–Crippen MR) is 99.8 cm³/mol. The zero-order valence-electron chi connectivity index (χ0n) is 14.1. The smallest absolute Gasteiger partial charge is 0.337 e. The molecule has 128 valence electrons. The van der Waals surface area contributed by atoms with Crippen LogP contribution in [0.25, 0.3) is 11.4 Å². The lowest BCUT2D eigenvalue weighted by atomic mass is 10.1. The highest BCUT2D eigenvalue weighted by Crippen LogP contribution is 2.23. The molecule has 0 spiro atoms. The molecule has 0 bridgehead atoms. The molecule has 0 amide bonds. The van der Waals surface area contributed by atoms with Gasteiger partial charge in [-0.15, -0.1) is 0 Å². The van der Waals surface area contributed by atoms with E-state index in [0.29, 0.717) is 17.2 Å². The zero-order chi connectivity index (χ0) is 17.9. The standard InChI is InChI=1S/C20H16N4O2/c1-26-20(25)14-4-2-3-13(9-14)19-22-8-7-18(24-19)23-17-6-5-15-11-21-12-16(15)10-17/h2-10,12H,11H2,1H3,(H,22,23,24). The minimum atomic E-state index is -0.388. The molecule has 6 nitrogen and oxygen atoms in total. The van der Waals surface area contributed by atoms with E-state index in [1.807, 2.05) is 24.4 Å². The number of carbonyl (C=O) groups is 1. The Hall–Kier alpha value is -3.54. The molecule has 6 heteroatoms. The van der Waals surface area contributed by atoms with Gasteiger partial charge in [-0.2, -0.15) is 0 Å². The molecule has 1 aliphatic heterocycles. The summed E-state index contributed by atoms with van der Waals surface area (Å²) in [4.78, 5) is 24.8. The van der Waals surface area contributed by atoms with Crippen molar-refractivity contribution in [3.05, 3.63) is 71.4 Å². The third-order valence-electron chi connectivity index (χ3n) is 4.11. The summed E-state index contributed by atoms with van der Waals surface area (Å²) in [5, 5.41) is 3.29. The number of hydrogen-bond acceptors (Lipinski definition) is 6. The number of nitrogens with zero attached hydrogens (tertiary/aromatic N) is 3. The Morgan fingerprint density at radius 3 is 2.96 bits per heavy atom. The number of ether oxygens (including phenoxy) is 1. The fourth-order valence-electron chi connectivity index (χ4n) is 2.80. The lowest BCUT2D eigenvalue weighted by Crippen LogP contribution is -2.02. The fourth-order valence-corrected chi connectivity index (χ4v) is 2.80. The summed E-state index contributed by atoms with van der Waals surface area (Å²) in [6.07, 6.45) is 3.56. The van der Waals surface area contributed by atoms with Crippen LogP contribution in [-0.4, -0.2) is 29.3 Å². The number of methoxy groups -OCH3 is 1. The van der Waals surface area contributed by atoms with Crippen molar-refractivity contribution in [2.75, 3.05) is 12.4 Å². The topological polar surface area (TPSA) is 76.5 Å². The van der Waals surface area contributed by atoms with Gasteiger partial charge in [0, 0.05) is 23.7 Å². The van der Waals surface area contributed by atoms with Crippen LogP contribution in [0, 0.1) is 0 Å². The molecule has 1 aromatic heterocycles. The average molecular weight is 344 g/mol. The molecule has 0 saturated heterocycles. The highest BCUT2D eigenvalue weighted by molar-refractivity contribution is 5.90. The van der Waals surface area contributed by atoms with Gasteiger partial charge in [0.2, 0.25) is 0 Å². The van der Waals surface area contributed by atoms with Crippen LogP contribution in [0.3, 0.4) is 0 Å². The van der Waals surface area contributed by atoms with Gasteiger partial charge >= 0.3 is 5.97 Å². The summed E-state index contributed by atoms with van der Waals surface area (Å²) >= 11 is 0. The predicted octanol–water partition coefficient (Wildman–Crippen LogP) is 3.61. The first kappa shape index (κ1) is 16.0. The summed E-state index contributed by atoms with van der Waals surface area (Å²) in [5.74, 6) is 0.817. The first-order chi connectivity index (χ1) is 12.7. The highest BCUT2D eigenvalue weighted by Gasteiger charge is 2.10. The van der Waals surface area contributed by atoms with E-state index < -0.39 is 0 Å². The van der Waals surface area contributed by atoms with Gasteiger partial charge in [0.05, 0.1) is 19.2 Å². The second kappa shape index (κ2) is 6.76. The summed E-state index contributed by atoms with van der Waals surface area (Å²) in [6, 6.07) is 15.0. The number of esters is 1. The van der Waals surface area contributed by atoms with Gasteiger partial charge in [-0.25, -0.2) is 14.8 Å². The molecular formula is C20H16N4O2. The zero-order valence-corrected chi connectivity index (χ0v) is 14.1. The average Bonchev–Trinajstić information content (AvgIpc) is 3.15. The van der Waals surface area contributed by atoms with Crippen molar-refractivity contribution in [2.24, 2.45) is 4.99 Å². The molecule has 0 unspecified atom stereocenters. The molecule has 1 aliphatic rings. The van der Waals surface area contributed by atoms with Crippen LogP contribution in [0.4, 0.5) is 11.5 Å². The van der Waals surface area contributed by atoms with E-state index in [0.717, 1.165) is 23.4 Å². The van der Waals surface area contributed by atoms with E-state index in [1.54, 1.807) is 30.5 Å². The van der Waals surface area contributed by atoms with Crippen molar-refractivity contribution >= 4 is 23.7 Å². The molecule has 0 saturated carbocycles. The number of nitrogens with one attached hydrogen (secondary N) is 1. The third-order valence-corrected chi connectivity index (χ3v) is 4.11. The van der Waals surface area contributed by atoms with Gasteiger partial charge < -0.3 is 10.1 Å². The molecule has 26 heavy (non-hydrogen) atoms. The largest absolute Gasteiger partial charge is 0.465 e. The maximum atomic E-state index is 11.7. The lowest BCUT2D eigenvalue weighted by molar-refractivity contribution is 0.0601. The minimum Gasteiger partial charge on any atom is -0.465 e. The Kier molecular flexibility index (Phi) is 4.15. The molecule has 0 radical (unpaired) electrons. The molecule has 3 aromatic rings. The first-order valence-corrected chi connectivity index (χ1v) is 8.14. The minimum absolute atomic E-state index is 0.388. The van der Waals surface area contributed by atoms with Crippen molar-refractivity contribution in [1.82, 2.24) is 9.97 Å². The summed E-state index contributed by atoms with van der Waals surface area (Å²) in [7, 11) is 1.36. The van der Waals surface area contributed by atoms with Crippen molar-refractivity contribution < 1.29 is 9.53 Å². The monoisotopic (exact) mass is 344 g/mol. The van der Waals surface area contributed by atoms with E-state index in [9.17, 15) is 4.79 Å². The second-order valence-corrected chi connectivity index (χ2v) is 5.85. The van der Waals surface area contributed by atoms with Crippen LogP contribution in [0.15, 0.2) is 59.7 Å². The van der Waals surface area contributed by atoms with Gasteiger partial charge in [0.1, 0.15) is 5.82 Å². The summed E-state index contributed by atoms with van der Waals surface area (Å²) in [6.45, 7) is 0.740. The Morgan fingerprint density at radius 1 is 1.15 bits per heavy atom. The van der Waals surface area contributed by atoms with Gasteiger partial charge in [-0.05, 0) is 41.5 Å². The van der Waals surface area contributed by atoms with Crippen molar-refractivity contribution in [2.45, 2.75) is 6.54 Å². The van der Waals surface area contributed by atoms with Gasteiger partial charge in [0.25, 0.3) is 0 Å². The molecule has 1 N–H and O–H groups in total. The Balaban J connectivity index is 1.61. The molecule has 2 heterocycles. The SMILES string of the molecule is COC(=O)c1cccc(-c2nccc(Nc3ccc4c(c3)C=NC4)n2)c1. The van der Waals surface area contributed by atoms with Crippen molar-refractivity contribution in [3.63, 3.8) is 0 Å². The van der Waals surface area contributed by atoms with E-state index in [2.05, 4.69) is 26.3 Å². The van der Waals surface area contributed by atoms with E-state index >= 15 is 0 Å². The maximum Gasteiger partial charge on any atom is 0.337 e. The molecule has 0 fully saturated rings. The normalized spacial score (nSPS) is 11.9. The Labute approximate surface area is 150 Å². The Morgan fingerprint density at radius 2 is 2.08 bits per heavy atom. The molecule has 0 atom stereocenters. The van der Waals surface area contributed by atoms with Crippen molar-refractivity contribution in [1.29, 1.82) is 0 Å². The van der Waals surface area contributed by atoms with E-state index in [1.165, 1.54) is 12.7 Å². The Bertz CT molecular complexity index is 1010. The van der Waals surface area contributed by atoms with Crippen LogP contribution >= 0.6 is 0 Å². The molecular weight excluding hydrogens is 328 g/mol. The number of hydrogen-bond donors (Lipinski definition) is 1. The summed E-state index contributed by atoms with van der Waals surface area (Å²) < 4.78 is 4.76. The number of carbonyl (C=O) groups excluding carboxylic acids is 1. The number of fused-ring (bicyclic) bond motifs is 1. The van der Waals surface area contributed by atoms with Gasteiger partial charge in [0.15, 0.2) is 5.82 Å². The second-order valence-electron chi connectivity index (χ2n) is 5.85. The van der Waals surface area contributed by atoms with Crippen LogP contribution in [0.2, 0.25) is 0 Å². The number of anilines is 2. The third kappa shape index (κ3) is 3.17. The molecule has 4 rings (SSSR count). The van der Waals surface area contributed by atoms with Crippen LogP contribution in [-0.2, 0) is 11.3 Å². The van der Waals surface area contributed by atoms with Gasteiger partial charge in [-0.3, -0.25) is 4.99 Å². The fraction of sp³-hybridized carbons (Fsp3) is 0.100. The van der Waals surface area contributed by atoms with E-state index in [4.69, 9.17) is 4.74 Å². The van der Waals surface area contributed by atoms with Crippen LogP contribution in [0.5, 0.6) is 0 Å². The number of rotatable bonds is 4. The number of benzene rings is 2. The quantitative estimate of drug-likeness (QED) is 0.732. The lowest BCUT2D eigenvalue weighted by Gasteiger charge is -2.09. The number of aliphatic imine (C=N–C) groups is 1. The number of aromatic nitrogens is 2. The highest BCUT2D eigenvalue weighted by atomic mass is 16.5. The summed E-state index contributed by atoms with van der Waals surface area (Å²) in [5.41, 5.74) is 4.49.